The lowest BCUT2D eigenvalue weighted by Crippen LogP contribution is -1.92. The van der Waals surface area contributed by atoms with Gasteiger partial charge in [-0.1, -0.05) is 31.2 Å². The molecule has 1 nitrogen and oxygen atoms in total. The molecule has 0 N–H and O–H groups in total. The average Bonchev–Trinajstić information content (AvgIpc) is 2.21. The fraction of sp³-hybridized carbons (Fsp3) is 0.308. The Labute approximate surface area is 86.2 Å². The Hall–Kier alpha value is -1.37. The van der Waals surface area contributed by atoms with Crippen LogP contribution in [-0.2, 0) is 6.42 Å². The van der Waals surface area contributed by atoms with Crippen LogP contribution in [0.15, 0.2) is 30.4 Å². The van der Waals surface area contributed by atoms with E-state index in [0.29, 0.717) is 0 Å². The number of rotatable bonds is 3. The maximum Gasteiger partial charge on any atom is 0.0662 e. The molecule has 0 saturated heterocycles. The molecule has 0 aliphatic rings. The van der Waals surface area contributed by atoms with E-state index in [1.807, 2.05) is 25.2 Å². The van der Waals surface area contributed by atoms with E-state index in [2.05, 4.69) is 37.0 Å². The maximum absolute atomic E-state index is 4.54. The van der Waals surface area contributed by atoms with Crippen molar-refractivity contribution in [1.29, 1.82) is 0 Å². The third-order valence-electron chi connectivity index (χ3n) is 2.11. The molecule has 0 bridgehead atoms. The molecular weight excluding hydrogens is 170 g/mol. The normalized spacial score (nSPS) is 11.6. The van der Waals surface area contributed by atoms with Crippen molar-refractivity contribution in [2.75, 3.05) is 0 Å². The lowest BCUT2D eigenvalue weighted by atomic mass is 10.1. The number of aromatic nitrogens is 1. The minimum Gasteiger partial charge on any atom is -0.253 e. The van der Waals surface area contributed by atoms with Gasteiger partial charge in [-0.05, 0) is 38.0 Å². The first kappa shape index (κ1) is 10.7. The Morgan fingerprint density at radius 1 is 1.29 bits per heavy atom. The standard InChI is InChI=1S/C13H17N/c1-4-6-7-8-13-11(3)9-10-12(5-2)14-13/h4,6-10H,5H2,1-3H3/b6-4-,8-7-. The second-order valence-electron chi connectivity index (χ2n) is 3.24. The molecule has 0 atom stereocenters. The quantitative estimate of drug-likeness (QED) is 0.659. The van der Waals surface area contributed by atoms with Gasteiger partial charge < -0.3 is 0 Å². The first-order valence-electron chi connectivity index (χ1n) is 5.03. The van der Waals surface area contributed by atoms with Crippen molar-refractivity contribution >= 4 is 6.08 Å². The van der Waals surface area contributed by atoms with Gasteiger partial charge in [0.1, 0.15) is 0 Å². The number of nitrogens with zero attached hydrogens (tertiary/aromatic N) is 1. The molecule has 0 radical (unpaired) electrons. The average molecular weight is 187 g/mol. The first-order valence-corrected chi connectivity index (χ1v) is 5.03. The molecule has 1 heterocycles. The Kier molecular flexibility index (Phi) is 4.11. The Morgan fingerprint density at radius 3 is 2.71 bits per heavy atom. The van der Waals surface area contributed by atoms with Gasteiger partial charge in [0.2, 0.25) is 0 Å². The van der Waals surface area contributed by atoms with E-state index in [1.165, 1.54) is 5.56 Å². The van der Waals surface area contributed by atoms with Gasteiger partial charge in [-0.25, -0.2) is 0 Å². The highest BCUT2D eigenvalue weighted by atomic mass is 14.7. The molecule has 0 amide bonds. The lowest BCUT2D eigenvalue weighted by molar-refractivity contribution is 1.02. The zero-order valence-corrected chi connectivity index (χ0v) is 9.12. The number of aryl methyl sites for hydroxylation is 2. The second-order valence-corrected chi connectivity index (χ2v) is 3.24. The van der Waals surface area contributed by atoms with E-state index >= 15 is 0 Å². The molecule has 1 rings (SSSR count). The van der Waals surface area contributed by atoms with Crippen LogP contribution in [0.4, 0.5) is 0 Å². The Morgan fingerprint density at radius 2 is 2.07 bits per heavy atom. The number of hydrogen-bond donors (Lipinski definition) is 0. The van der Waals surface area contributed by atoms with E-state index in [0.717, 1.165) is 17.8 Å². The maximum atomic E-state index is 4.54. The summed E-state index contributed by atoms with van der Waals surface area (Å²) in [6, 6.07) is 4.21. The van der Waals surface area contributed by atoms with Crippen LogP contribution in [-0.4, -0.2) is 4.98 Å². The van der Waals surface area contributed by atoms with Crippen molar-refractivity contribution in [2.24, 2.45) is 0 Å². The van der Waals surface area contributed by atoms with Crippen molar-refractivity contribution in [2.45, 2.75) is 27.2 Å². The number of hydrogen-bond acceptors (Lipinski definition) is 1. The van der Waals surface area contributed by atoms with Crippen molar-refractivity contribution < 1.29 is 0 Å². The molecule has 1 heteroatoms. The van der Waals surface area contributed by atoms with Crippen LogP contribution in [0.2, 0.25) is 0 Å². The third kappa shape index (κ3) is 2.84. The Bertz CT molecular complexity index is 348. The second kappa shape index (κ2) is 5.38. The van der Waals surface area contributed by atoms with Gasteiger partial charge in [0.25, 0.3) is 0 Å². The minimum absolute atomic E-state index is 0.991. The molecule has 1 aromatic heterocycles. The van der Waals surface area contributed by atoms with Gasteiger partial charge in [-0.15, -0.1) is 0 Å². The SMILES string of the molecule is C/C=C\C=C/c1nc(CC)ccc1C. The van der Waals surface area contributed by atoms with Crippen molar-refractivity contribution in [3.05, 3.63) is 47.3 Å². The van der Waals surface area contributed by atoms with Crippen molar-refractivity contribution in [3.63, 3.8) is 0 Å². The predicted octanol–water partition coefficient (Wildman–Crippen LogP) is 3.54. The summed E-state index contributed by atoms with van der Waals surface area (Å²) in [6.07, 6.45) is 9.09. The largest absolute Gasteiger partial charge is 0.253 e. The van der Waals surface area contributed by atoms with E-state index < -0.39 is 0 Å². The smallest absolute Gasteiger partial charge is 0.0662 e. The van der Waals surface area contributed by atoms with Gasteiger partial charge in [0.05, 0.1) is 5.69 Å². The summed E-state index contributed by atoms with van der Waals surface area (Å²) in [5.74, 6) is 0. The highest BCUT2D eigenvalue weighted by Gasteiger charge is 1.96. The van der Waals surface area contributed by atoms with Crippen LogP contribution >= 0.6 is 0 Å². The summed E-state index contributed by atoms with van der Waals surface area (Å²) in [5, 5.41) is 0. The van der Waals surface area contributed by atoms with Crippen LogP contribution in [0.25, 0.3) is 6.08 Å². The molecule has 74 valence electrons. The number of allylic oxidation sites excluding steroid dienone is 3. The predicted molar refractivity (Wildman–Crippen MR) is 62.2 cm³/mol. The fourth-order valence-corrected chi connectivity index (χ4v) is 1.21. The minimum atomic E-state index is 0.991. The third-order valence-corrected chi connectivity index (χ3v) is 2.11. The summed E-state index contributed by atoms with van der Waals surface area (Å²) in [6.45, 7) is 6.21. The molecule has 14 heavy (non-hydrogen) atoms. The van der Waals surface area contributed by atoms with Crippen LogP contribution in [0.3, 0.4) is 0 Å². The van der Waals surface area contributed by atoms with Gasteiger partial charge in [0.15, 0.2) is 0 Å². The molecule has 0 aromatic carbocycles. The van der Waals surface area contributed by atoms with Crippen LogP contribution in [0.5, 0.6) is 0 Å². The van der Waals surface area contributed by atoms with Crippen LogP contribution < -0.4 is 0 Å². The molecule has 1 aromatic rings. The molecule has 0 unspecified atom stereocenters. The monoisotopic (exact) mass is 187 g/mol. The molecule has 0 aliphatic carbocycles. The molecular formula is C13H17N. The van der Waals surface area contributed by atoms with Gasteiger partial charge in [-0.3, -0.25) is 4.98 Å². The zero-order chi connectivity index (χ0) is 10.4. The molecule has 0 saturated carbocycles. The molecule has 0 aliphatic heterocycles. The molecule has 0 fully saturated rings. The van der Waals surface area contributed by atoms with E-state index in [-0.39, 0.29) is 0 Å². The molecule has 0 spiro atoms. The lowest BCUT2D eigenvalue weighted by Gasteiger charge is -2.01. The van der Waals surface area contributed by atoms with Gasteiger partial charge in [-0.2, -0.15) is 0 Å². The summed E-state index contributed by atoms with van der Waals surface area (Å²) in [5.41, 5.74) is 3.45. The zero-order valence-electron chi connectivity index (χ0n) is 9.12. The van der Waals surface area contributed by atoms with E-state index in [1.54, 1.807) is 0 Å². The van der Waals surface area contributed by atoms with E-state index in [9.17, 15) is 0 Å². The Balaban J connectivity index is 2.94. The highest BCUT2D eigenvalue weighted by molar-refractivity contribution is 5.51. The van der Waals surface area contributed by atoms with Gasteiger partial charge in [0, 0.05) is 5.69 Å². The fourth-order valence-electron chi connectivity index (χ4n) is 1.21. The first-order chi connectivity index (χ1) is 6.77. The van der Waals surface area contributed by atoms with E-state index in [4.69, 9.17) is 0 Å². The summed E-state index contributed by atoms with van der Waals surface area (Å²) in [7, 11) is 0. The van der Waals surface area contributed by atoms with Crippen LogP contribution in [0.1, 0.15) is 30.8 Å². The van der Waals surface area contributed by atoms with Crippen molar-refractivity contribution in [3.8, 4) is 0 Å². The van der Waals surface area contributed by atoms with Crippen LogP contribution in [0, 0.1) is 6.92 Å². The highest BCUT2D eigenvalue weighted by Crippen LogP contribution is 2.08. The topological polar surface area (TPSA) is 12.9 Å². The van der Waals surface area contributed by atoms with Gasteiger partial charge >= 0.3 is 0 Å². The number of pyridine rings is 1. The summed E-state index contributed by atoms with van der Waals surface area (Å²) < 4.78 is 0. The summed E-state index contributed by atoms with van der Waals surface area (Å²) in [4.78, 5) is 4.54. The van der Waals surface area contributed by atoms with Crippen molar-refractivity contribution in [1.82, 2.24) is 4.98 Å². The summed E-state index contributed by atoms with van der Waals surface area (Å²) >= 11 is 0.